The normalized spacial score (nSPS) is 20.8. The van der Waals surface area contributed by atoms with Gasteiger partial charge in [0.2, 0.25) is 0 Å². The van der Waals surface area contributed by atoms with Crippen molar-refractivity contribution in [2.24, 2.45) is 0 Å². The number of ether oxygens (including phenoxy) is 2. The molecule has 3 nitrogen and oxygen atoms in total. The van der Waals surface area contributed by atoms with Crippen LogP contribution in [0.5, 0.6) is 5.75 Å². The van der Waals surface area contributed by atoms with Crippen LogP contribution in [0, 0.1) is 11.6 Å². The minimum absolute atomic E-state index is 0.247. The number of nitrogens with one attached hydrogen (secondary N) is 1. The molecule has 1 aromatic carbocycles. The second kappa shape index (κ2) is 4.76. The molecule has 0 saturated carbocycles. The van der Waals surface area contributed by atoms with Crippen molar-refractivity contribution in [1.82, 2.24) is 5.32 Å². The van der Waals surface area contributed by atoms with E-state index < -0.39 is 11.6 Å². The van der Waals surface area contributed by atoms with Gasteiger partial charge in [-0.1, -0.05) is 0 Å². The molecule has 1 aliphatic heterocycles. The van der Waals surface area contributed by atoms with Crippen LogP contribution in [-0.4, -0.2) is 26.9 Å². The molecule has 1 N–H and O–H groups in total. The molecular weight excluding hydrogens is 216 g/mol. The van der Waals surface area contributed by atoms with Gasteiger partial charge in [-0.2, -0.15) is 0 Å². The molecule has 1 heterocycles. The third-order valence-corrected chi connectivity index (χ3v) is 2.56. The minimum atomic E-state index is -0.901. The molecule has 1 aliphatic rings. The maximum absolute atomic E-state index is 13.6. The fourth-order valence-electron chi connectivity index (χ4n) is 1.72. The van der Waals surface area contributed by atoms with Crippen LogP contribution in [0.3, 0.4) is 0 Å². The van der Waals surface area contributed by atoms with Crippen LogP contribution in [0.2, 0.25) is 0 Å². The molecule has 0 radical (unpaired) electrons. The van der Waals surface area contributed by atoms with E-state index in [4.69, 9.17) is 9.47 Å². The van der Waals surface area contributed by atoms with Crippen LogP contribution in [0.4, 0.5) is 8.78 Å². The molecule has 0 spiro atoms. The van der Waals surface area contributed by atoms with Gasteiger partial charge in [0.15, 0.2) is 11.6 Å². The molecule has 0 bridgehead atoms. The van der Waals surface area contributed by atoms with Gasteiger partial charge in [-0.25, -0.2) is 8.78 Å². The Labute approximate surface area is 92.4 Å². The summed E-state index contributed by atoms with van der Waals surface area (Å²) >= 11 is 0. The first-order valence-electron chi connectivity index (χ1n) is 5.06. The molecule has 1 saturated heterocycles. The third kappa shape index (κ3) is 2.15. The van der Waals surface area contributed by atoms with Gasteiger partial charge in [-0.3, -0.25) is 0 Å². The summed E-state index contributed by atoms with van der Waals surface area (Å²) in [6.07, 6.45) is 0. The van der Waals surface area contributed by atoms with E-state index in [9.17, 15) is 8.78 Å². The molecule has 1 aromatic rings. The molecule has 2 rings (SSSR count). The lowest BCUT2D eigenvalue weighted by molar-refractivity contribution is 0.0754. The molecule has 88 valence electrons. The van der Waals surface area contributed by atoms with Crippen LogP contribution in [0.1, 0.15) is 11.6 Å². The third-order valence-electron chi connectivity index (χ3n) is 2.56. The lowest BCUT2D eigenvalue weighted by atomic mass is 10.1. The fourth-order valence-corrected chi connectivity index (χ4v) is 1.72. The van der Waals surface area contributed by atoms with Crippen LogP contribution >= 0.6 is 0 Å². The number of benzene rings is 1. The summed E-state index contributed by atoms with van der Waals surface area (Å²) in [5.74, 6) is -1.44. The Morgan fingerprint density at radius 1 is 1.44 bits per heavy atom. The highest BCUT2D eigenvalue weighted by atomic mass is 19.2. The largest absolute Gasteiger partial charge is 0.497 e. The zero-order valence-electron chi connectivity index (χ0n) is 8.93. The Morgan fingerprint density at radius 3 is 2.88 bits per heavy atom. The molecule has 5 heteroatoms. The van der Waals surface area contributed by atoms with Gasteiger partial charge in [0.1, 0.15) is 5.75 Å². The SMILES string of the molecule is COc1cc(F)c(F)c(C2COCCN2)c1. The van der Waals surface area contributed by atoms with Gasteiger partial charge < -0.3 is 14.8 Å². The van der Waals surface area contributed by atoms with Crippen LogP contribution in [0.25, 0.3) is 0 Å². The van der Waals surface area contributed by atoms with E-state index in [1.54, 1.807) is 0 Å². The summed E-state index contributed by atoms with van der Waals surface area (Å²) in [6.45, 7) is 1.55. The van der Waals surface area contributed by atoms with E-state index in [0.717, 1.165) is 6.07 Å². The van der Waals surface area contributed by atoms with Crippen LogP contribution < -0.4 is 10.1 Å². The number of methoxy groups -OCH3 is 1. The van der Waals surface area contributed by atoms with Gasteiger partial charge in [0, 0.05) is 18.2 Å². The van der Waals surface area contributed by atoms with Gasteiger partial charge in [-0.15, -0.1) is 0 Å². The van der Waals surface area contributed by atoms with E-state index in [0.29, 0.717) is 25.5 Å². The molecule has 0 amide bonds. The molecule has 1 unspecified atom stereocenters. The van der Waals surface area contributed by atoms with Crippen molar-refractivity contribution < 1.29 is 18.3 Å². The first kappa shape index (κ1) is 11.3. The number of hydrogen-bond donors (Lipinski definition) is 1. The number of halogens is 2. The summed E-state index contributed by atoms with van der Waals surface area (Å²) < 4.78 is 37.0. The predicted octanol–water partition coefficient (Wildman–Crippen LogP) is 1.63. The molecule has 1 fully saturated rings. The Bertz CT molecular complexity index is 378. The maximum atomic E-state index is 13.6. The lowest BCUT2D eigenvalue weighted by Gasteiger charge is -2.24. The monoisotopic (exact) mass is 229 g/mol. The second-order valence-electron chi connectivity index (χ2n) is 3.59. The van der Waals surface area contributed by atoms with Crippen LogP contribution in [-0.2, 0) is 4.74 Å². The average molecular weight is 229 g/mol. The molecule has 0 aromatic heterocycles. The Hall–Kier alpha value is -1.20. The molecule has 1 atom stereocenters. The van der Waals surface area contributed by atoms with Gasteiger partial charge in [0.05, 0.1) is 26.4 Å². The van der Waals surface area contributed by atoms with E-state index in [1.165, 1.54) is 13.2 Å². The van der Waals surface area contributed by atoms with Crippen molar-refractivity contribution in [3.8, 4) is 5.75 Å². The average Bonchev–Trinajstić information content (AvgIpc) is 2.33. The van der Waals surface area contributed by atoms with E-state index in [-0.39, 0.29) is 11.6 Å². The highest BCUT2D eigenvalue weighted by molar-refractivity contribution is 5.33. The van der Waals surface area contributed by atoms with Crippen molar-refractivity contribution in [2.75, 3.05) is 26.9 Å². The minimum Gasteiger partial charge on any atom is -0.497 e. The maximum Gasteiger partial charge on any atom is 0.163 e. The topological polar surface area (TPSA) is 30.5 Å². The summed E-state index contributed by atoms with van der Waals surface area (Å²) in [5.41, 5.74) is 0.247. The zero-order valence-corrected chi connectivity index (χ0v) is 8.93. The van der Waals surface area contributed by atoms with Gasteiger partial charge >= 0.3 is 0 Å². The smallest absolute Gasteiger partial charge is 0.163 e. The number of rotatable bonds is 2. The van der Waals surface area contributed by atoms with E-state index in [2.05, 4.69) is 5.32 Å². The van der Waals surface area contributed by atoms with Crippen molar-refractivity contribution in [2.45, 2.75) is 6.04 Å². The molecular formula is C11H13F2NO2. The van der Waals surface area contributed by atoms with Crippen molar-refractivity contribution in [3.63, 3.8) is 0 Å². The fraction of sp³-hybridized carbons (Fsp3) is 0.455. The summed E-state index contributed by atoms with van der Waals surface area (Å²) in [5, 5.41) is 3.07. The standard InChI is InChI=1S/C11H13F2NO2/c1-15-7-4-8(11(13)9(12)5-7)10-6-16-3-2-14-10/h4-5,10,14H,2-3,6H2,1H3. The summed E-state index contributed by atoms with van der Waals surface area (Å²) in [7, 11) is 1.42. The summed E-state index contributed by atoms with van der Waals surface area (Å²) in [4.78, 5) is 0. The van der Waals surface area contributed by atoms with Crippen molar-refractivity contribution in [3.05, 3.63) is 29.3 Å². The lowest BCUT2D eigenvalue weighted by Crippen LogP contribution is -2.35. The first-order valence-corrected chi connectivity index (χ1v) is 5.06. The predicted molar refractivity (Wildman–Crippen MR) is 54.5 cm³/mol. The first-order chi connectivity index (χ1) is 7.72. The van der Waals surface area contributed by atoms with Crippen LogP contribution in [0.15, 0.2) is 12.1 Å². The Morgan fingerprint density at radius 2 is 2.25 bits per heavy atom. The van der Waals surface area contributed by atoms with Crippen molar-refractivity contribution >= 4 is 0 Å². The number of hydrogen-bond acceptors (Lipinski definition) is 3. The highest BCUT2D eigenvalue weighted by Gasteiger charge is 2.22. The number of morpholine rings is 1. The summed E-state index contributed by atoms with van der Waals surface area (Å²) in [6, 6.07) is 2.20. The van der Waals surface area contributed by atoms with E-state index >= 15 is 0 Å². The highest BCUT2D eigenvalue weighted by Crippen LogP contribution is 2.26. The Balaban J connectivity index is 2.33. The zero-order chi connectivity index (χ0) is 11.5. The van der Waals surface area contributed by atoms with Gasteiger partial charge in [-0.05, 0) is 6.07 Å². The Kier molecular flexibility index (Phi) is 3.36. The second-order valence-corrected chi connectivity index (χ2v) is 3.59. The molecule has 0 aliphatic carbocycles. The van der Waals surface area contributed by atoms with Crippen molar-refractivity contribution in [1.29, 1.82) is 0 Å². The molecule has 16 heavy (non-hydrogen) atoms. The van der Waals surface area contributed by atoms with E-state index in [1.807, 2.05) is 0 Å². The van der Waals surface area contributed by atoms with Gasteiger partial charge in [0.25, 0.3) is 0 Å². The quantitative estimate of drug-likeness (QED) is 0.836.